The van der Waals surface area contributed by atoms with Gasteiger partial charge in [0.05, 0.1) is 6.04 Å². The van der Waals surface area contributed by atoms with Crippen LogP contribution in [0.5, 0.6) is 0 Å². The van der Waals surface area contributed by atoms with E-state index in [4.69, 9.17) is 4.42 Å². The summed E-state index contributed by atoms with van der Waals surface area (Å²) in [7, 11) is 1.79. The quantitative estimate of drug-likeness (QED) is 0.613. The molecule has 0 aliphatic carbocycles. The third kappa shape index (κ3) is 4.97. The molecule has 1 aromatic heterocycles. The minimum Gasteiger partial charge on any atom is -0.464 e. The minimum absolute atomic E-state index is 0.113. The summed E-state index contributed by atoms with van der Waals surface area (Å²) in [6, 6.07) is 4.09. The molecule has 1 rings (SSSR count). The average Bonchev–Trinajstić information content (AvgIpc) is 2.85. The number of aryl methyl sites for hydroxylation is 1. The number of hydrogen-bond acceptors (Lipinski definition) is 2. The second-order valence-electron chi connectivity index (χ2n) is 4.95. The molecular formula is C15H27N3O. The maximum atomic E-state index is 5.61. The van der Waals surface area contributed by atoms with Gasteiger partial charge in [-0.3, -0.25) is 4.99 Å². The van der Waals surface area contributed by atoms with Crippen molar-refractivity contribution in [2.45, 2.75) is 46.6 Å². The molecule has 0 fully saturated rings. The van der Waals surface area contributed by atoms with Crippen molar-refractivity contribution in [1.82, 2.24) is 10.6 Å². The minimum atomic E-state index is 0.113. The van der Waals surface area contributed by atoms with Crippen LogP contribution in [0.1, 0.15) is 51.2 Å². The van der Waals surface area contributed by atoms with Crippen LogP contribution in [0.3, 0.4) is 0 Å². The Morgan fingerprint density at radius 3 is 2.47 bits per heavy atom. The summed E-state index contributed by atoms with van der Waals surface area (Å²) in [5, 5.41) is 6.72. The SMILES string of the molecule is CCC(CC)CNC(=NC)NC(C)c1ccc(C)o1. The lowest BCUT2D eigenvalue weighted by Gasteiger charge is -2.19. The predicted molar refractivity (Wildman–Crippen MR) is 80.4 cm³/mol. The normalized spacial score (nSPS) is 13.7. The van der Waals surface area contributed by atoms with Gasteiger partial charge in [0.25, 0.3) is 0 Å². The molecule has 1 heterocycles. The number of guanidine groups is 1. The number of rotatable bonds is 6. The lowest BCUT2D eigenvalue weighted by atomic mass is 10.0. The highest BCUT2D eigenvalue weighted by atomic mass is 16.3. The Morgan fingerprint density at radius 2 is 2.00 bits per heavy atom. The van der Waals surface area contributed by atoms with Crippen molar-refractivity contribution in [3.05, 3.63) is 23.7 Å². The van der Waals surface area contributed by atoms with Gasteiger partial charge >= 0.3 is 0 Å². The van der Waals surface area contributed by atoms with Gasteiger partial charge in [-0.25, -0.2) is 0 Å². The molecule has 0 aliphatic heterocycles. The second kappa shape index (κ2) is 7.87. The van der Waals surface area contributed by atoms with Gasteiger partial charge in [0.15, 0.2) is 5.96 Å². The molecule has 108 valence electrons. The third-order valence-electron chi connectivity index (χ3n) is 3.48. The maximum absolute atomic E-state index is 5.61. The van der Waals surface area contributed by atoms with Crippen molar-refractivity contribution in [2.24, 2.45) is 10.9 Å². The maximum Gasteiger partial charge on any atom is 0.191 e. The highest BCUT2D eigenvalue weighted by Crippen LogP contribution is 2.15. The molecule has 0 amide bonds. The first-order valence-electron chi connectivity index (χ1n) is 7.14. The first-order chi connectivity index (χ1) is 9.10. The van der Waals surface area contributed by atoms with E-state index in [-0.39, 0.29) is 6.04 Å². The molecule has 0 saturated heterocycles. The second-order valence-corrected chi connectivity index (χ2v) is 4.95. The summed E-state index contributed by atoms with van der Waals surface area (Å²) in [5.41, 5.74) is 0. The Bertz CT molecular complexity index is 394. The van der Waals surface area contributed by atoms with Crippen LogP contribution in [0.15, 0.2) is 21.5 Å². The molecule has 0 bridgehead atoms. The van der Waals surface area contributed by atoms with E-state index in [1.54, 1.807) is 7.05 Å². The zero-order chi connectivity index (χ0) is 14.3. The zero-order valence-electron chi connectivity index (χ0n) is 12.8. The zero-order valence-corrected chi connectivity index (χ0v) is 12.8. The van der Waals surface area contributed by atoms with Crippen molar-refractivity contribution in [2.75, 3.05) is 13.6 Å². The monoisotopic (exact) mass is 265 g/mol. The van der Waals surface area contributed by atoms with Crippen molar-refractivity contribution >= 4 is 5.96 Å². The topological polar surface area (TPSA) is 49.6 Å². The van der Waals surface area contributed by atoms with E-state index in [1.165, 1.54) is 12.8 Å². The van der Waals surface area contributed by atoms with Crippen LogP contribution in [0.2, 0.25) is 0 Å². The van der Waals surface area contributed by atoms with Crippen LogP contribution in [-0.2, 0) is 0 Å². The van der Waals surface area contributed by atoms with Crippen LogP contribution in [0, 0.1) is 12.8 Å². The van der Waals surface area contributed by atoms with Crippen LogP contribution >= 0.6 is 0 Å². The van der Waals surface area contributed by atoms with E-state index in [0.717, 1.165) is 24.0 Å². The number of nitrogens with one attached hydrogen (secondary N) is 2. The summed E-state index contributed by atoms with van der Waals surface area (Å²) < 4.78 is 5.61. The number of furan rings is 1. The standard InChI is InChI=1S/C15H27N3O/c1-6-13(7-2)10-17-15(16-5)18-12(4)14-9-8-11(3)19-14/h8-9,12-13H,6-7,10H2,1-5H3,(H2,16,17,18). The summed E-state index contributed by atoms with van der Waals surface area (Å²) in [4.78, 5) is 4.25. The molecule has 0 spiro atoms. The molecule has 19 heavy (non-hydrogen) atoms. The molecule has 0 radical (unpaired) electrons. The van der Waals surface area contributed by atoms with Crippen LogP contribution in [-0.4, -0.2) is 19.6 Å². The molecule has 4 nitrogen and oxygen atoms in total. The van der Waals surface area contributed by atoms with E-state index < -0.39 is 0 Å². The molecule has 0 aliphatic rings. The van der Waals surface area contributed by atoms with E-state index in [9.17, 15) is 0 Å². The lowest BCUT2D eigenvalue weighted by molar-refractivity contribution is 0.437. The van der Waals surface area contributed by atoms with E-state index in [0.29, 0.717) is 5.92 Å². The van der Waals surface area contributed by atoms with Crippen LogP contribution < -0.4 is 10.6 Å². The molecule has 2 N–H and O–H groups in total. The molecule has 1 atom stereocenters. The van der Waals surface area contributed by atoms with E-state index >= 15 is 0 Å². The molecule has 1 unspecified atom stereocenters. The van der Waals surface area contributed by atoms with Crippen molar-refractivity contribution < 1.29 is 4.42 Å². The largest absolute Gasteiger partial charge is 0.464 e. The Balaban J connectivity index is 2.48. The summed E-state index contributed by atoms with van der Waals surface area (Å²) in [6.07, 6.45) is 2.38. The molecule has 0 saturated carbocycles. The van der Waals surface area contributed by atoms with Gasteiger partial charge in [0.2, 0.25) is 0 Å². The van der Waals surface area contributed by atoms with E-state index in [1.807, 2.05) is 19.1 Å². The van der Waals surface area contributed by atoms with Gasteiger partial charge in [-0.15, -0.1) is 0 Å². The van der Waals surface area contributed by atoms with Gasteiger partial charge < -0.3 is 15.1 Å². The fourth-order valence-corrected chi connectivity index (χ4v) is 1.98. The van der Waals surface area contributed by atoms with Crippen LogP contribution in [0.4, 0.5) is 0 Å². The van der Waals surface area contributed by atoms with Crippen molar-refractivity contribution in [3.63, 3.8) is 0 Å². The molecule has 1 aromatic rings. The fraction of sp³-hybridized carbons (Fsp3) is 0.667. The summed E-state index contributed by atoms with van der Waals surface area (Å²) >= 11 is 0. The first-order valence-corrected chi connectivity index (χ1v) is 7.14. The molecular weight excluding hydrogens is 238 g/mol. The van der Waals surface area contributed by atoms with Gasteiger partial charge in [-0.2, -0.15) is 0 Å². The summed E-state index contributed by atoms with van der Waals surface area (Å²) in [5.74, 6) is 3.39. The van der Waals surface area contributed by atoms with E-state index in [2.05, 4.69) is 36.4 Å². The van der Waals surface area contributed by atoms with Crippen LogP contribution in [0.25, 0.3) is 0 Å². The third-order valence-corrected chi connectivity index (χ3v) is 3.48. The number of nitrogens with zero attached hydrogens (tertiary/aromatic N) is 1. The Morgan fingerprint density at radius 1 is 1.32 bits per heavy atom. The number of hydrogen-bond donors (Lipinski definition) is 2. The molecule has 0 aromatic carbocycles. The highest BCUT2D eigenvalue weighted by molar-refractivity contribution is 5.80. The lowest BCUT2D eigenvalue weighted by Crippen LogP contribution is -2.40. The Hall–Kier alpha value is -1.45. The van der Waals surface area contributed by atoms with Gasteiger partial charge in [0, 0.05) is 13.6 Å². The van der Waals surface area contributed by atoms with Gasteiger partial charge in [0.1, 0.15) is 11.5 Å². The Labute approximate surface area is 116 Å². The average molecular weight is 265 g/mol. The summed E-state index contributed by atoms with van der Waals surface area (Å²) in [6.45, 7) is 9.43. The van der Waals surface area contributed by atoms with Gasteiger partial charge in [-0.05, 0) is 31.9 Å². The molecule has 4 heteroatoms. The van der Waals surface area contributed by atoms with Gasteiger partial charge in [-0.1, -0.05) is 26.7 Å². The Kier molecular flexibility index (Phi) is 6.46. The predicted octanol–water partition coefficient (Wildman–Crippen LogP) is 3.25. The fourth-order valence-electron chi connectivity index (χ4n) is 1.98. The van der Waals surface area contributed by atoms with Crippen molar-refractivity contribution in [3.8, 4) is 0 Å². The number of aliphatic imine (C=N–C) groups is 1. The smallest absolute Gasteiger partial charge is 0.191 e. The van der Waals surface area contributed by atoms with Crippen molar-refractivity contribution in [1.29, 1.82) is 0 Å². The first kappa shape index (κ1) is 15.6. The highest BCUT2D eigenvalue weighted by Gasteiger charge is 2.12.